The monoisotopic (exact) mass is 391 g/mol. The van der Waals surface area contributed by atoms with Crippen molar-refractivity contribution in [1.29, 1.82) is 5.41 Å². The lowest BCUT2D eigenvalue weighted by atomic mass is 9.85. The molecule has 3 unspecified atom stereocenters. The Hall–Kier alpha value is -2.67. The molecule has 1 aromatic carbocycles. The second-order valence-electron chi connectivity index (χ2n) is 8.54. The smallest absolute Gasteiger partial charge is 0.228 e. The van der Waals surface area contributed by atoms with Gasteiger partial charge in [0.15, 0.2) is 0 Å². The summed E-state index contributed by atoms with van der Waals surface area (Å²) in [6.07, 6.45) is 6.95. The van der Waals surface area contributed by atoms with Crippen LogP contribution in [0.2, 0.25) is 0 Å². The van der Waals surface area contributed by atoms with Gasteiger partial charge < -0.3 is 26.7 Å². The highest BCUT2D eigenvalue weighted by Crippen LogP contribution is 2.37. The molecule has 5 N–H and O–H groups in total. The third-order valence-corrected chi connectivity index (χ3v) is 6.77. The minimum Gasteiger partial charge on any atom is -0.398 e. The molecule has 0 spiro atoms. The Morgan fingerprint density at radius 2 is 2.14 bits per heavy atom. The van der Waals surface area contributed by atoms with E-state index >= 15 is 0 Å². The maximum absolute atomic E-state index is 7.58. The summed E-state index contributed by atoms with van der Waals surface area (Å²) < 4.78 is 0. The lowest BCUT2D eigenvalue weighted by molar-refractivity contribution is 0.257. The van der Waals surface area contributed by atoms with E-state index in [4.69, 9.17) is 21.1 Å². The largest absolute Gasteiger partial charge is 0.398 e. The predicted octanol–water partition coefficient (Wildman–Crippen LogP) is 2.87. The molecule has 1 aliphatic carbocycles. The summed E-state index contributed by atoms with van der Waals surface area (Å²) in [5.74, 6) is 2.49. The normalized spacial score (nSPS) is 25.1. The van der Waals surface area contributed by atoms with Gasteiger partial charge in [0.05, 0.1) is 5.69 Å². The topological polar surface area (TPSA) is 103 Å². The van der Waals surface area contributed by atoms with Gasteiger partial charge in [-0.1, -0.05) is 13.3 Å². The van der Waals surface area contributed by atoms with E-state index in [1.807, 2.05) is 18.2 Å². The molecular weight excluding hydrogens is 362 g/mol. The molecule has 3 aliphatic rings. The van der Waals surface area contributed by atoms with E-state index in [1.54, 1.807) is 0 Å². The molecular formula is C22H29N7. The molecule has 5 rings (SSSR count). The number of benzene rings is 1. The minimum atomic E-state index is 0.506. The van der Waals surface area contributed by atoms with E-state index in [9.17, 15) is 0 Å². The molecule has 152 valence electrons. The molecule has 2 saturated heterocycles. The van der Waals surface area contributed by atoms with E-state index in [2.05, 4.69) is 22.5 Å². The molecule has 0 amide bonds. The average Bonchev–Trinajstić information content (AvgIpc) is 2.75. The summed E-state index contributed by atoms with van der Waals surface area (Å²) >= 11 is 0. The molecule has 1 aromatic heterocycles. The van der Waals surface area contributed by atoms with Crippen LogP contribution in [-0.4, -0.2) is 41.4 Å². The van der Waals surface area contributed by atoms with Gasteiger partial charge in [-0.05, 0) is 49.8 Å². The van der Waals surface area contributed by atoms with Gasteiger partial charge in [-0.3, -0.25) is 0 Å². The van der Waals surface area contributed by atoms with Gasteiger partial charge in [0.1, 0.15) is 5.82 Å². The number of nitrogens with two attached hydrogens (primary N) is 1. The van der Waals surface area contributed by atoms with Crippen molar-refractivity contribution in [2.75, 3.05) is 29.0 Å². The highest BCUT2D eigenvalue weighted by molar-refractivity contribution is 5.87. The fourth-order valence-corrected chi connectivity index (χ4v) is 4.96. The van der Waals surface area contributed by atoms with Gasteiger partial charge >= 0.3 is 0 Å². The number of hydrogen-bond acceptors (Lipinski definition) is 7. The van der Waals surface area contributed by atoms with Crippen LogP contribution in [0.15, 0.2) is 18.2 Å². The second-order valence-corrected chi connectivity index (χ2v) is 8.54. The van der Waals surface area contributed by atoms with Crippen LogP contribution < -0.4 is 21.3 Å². The molecule has 0 saturated carbocycles. The van der Waals surface area contributed by atoms with Crippen molar-refractivity contribution >= 4 is 29.4 Å². The zero-order valence-corrected chi connectivity index (χ0v) is 16.9. The number of fused-ring (bicyclic) bond motifs is 3. The minimum absolute atomic E-state index is 0.506. The summed E-state index contributed by atoms with van der Waals surface area (Å²) in [5.41, 5.74) is 10.6. The van der Waals surface area contributed by atoms with Crippen LogP contribution in [0.3, 0.4) is 0 Å². The molecule has 29 heavy (non-hydrogen) atoms. The Balaban J connectivity index is 1.53. The van der Waals surface area contributed by atoms with Crippen molar-refractivity contribution in [3.63, 3.8) is 0 Å². The quantitative estimate of drug-likeness (QED) is 0.462. The van der Waals surface area contributed by atoms with Gasteiger partial charge in [0.2, 0.25) is 5.95 Å². The maximum Gasteiger partial charge on any atom is 0.228 e. The first-order chi connectivity index (χ1) is 14.2. The van der Waals surface area contributed by atoms with E-state index in [-0.39, 0.29) is 0 Å². The van der Waals surface area contributed by atoms with Gasteiger partial charge in [-0.25, -0.2) is 4.98 Å². The van der Waals surface area contributed by atoms with Crippen LogP contribution in [0.1, 0.15) is 43.0 Å². The Morgan fingerprint density at radius 3 is 2.86 bits per heavy atom. The van der Waals surface area contributed by atoms with Crippen LogP contribution in [0.4, 0.5) is 23.1 Å². The number of rotatable bonds is 5. The highest BCUT2D eigenvalue weighted by atomic mass is 15.4. The first kappa shape index (κ1) is 18.4. The third-order valence-electron chi connectivity index (χ3n) is 6.77. The first-order valence-electron chi connectivity index (χ1n) is 10.7. The average molecular weight is 392 g/mol. The fraction of sp³-hybridized carbons (Fsp3) is 0.500. The predicted molar refractivity (Wildman–Crippen MR) is 117 cm³/mol. The molecule has 0 radical (unpaired) electrons. The zero-order valence-electron chi connectivity index (χ0n) is 16.9. The van der Waals surface area contributed by atoms with E-state index in [0.29, 0.717) is 29.3 Å². The lowest BCUT2D eigenvalue weighted by Crippen LogP contribution is -2.68. The number of nitrogens with zero attached hydrogens (tertiary/aromatic N) is 3. The van der Waals surface area contributed by atoms with Crippen molar-refractivity contribution in [2.45, 2.75) is 51.1 Å². The number of piperazine rings is 1. The van der Waals surface area contributed by atoms with Crippen LogP contribution in [0.5, 0.6) is 0 Å². The van der Waals surface area contributed by atoms with Crippen molar-refractivity contribution in [2.24, 2.45) is 5.92 Å². The van der Waals surface area contributed by atoms with Gasteiger partial charge in [0, 0.05) is 53.9 Å². The van der Waals surface area contributed by atoms with Gasteiger partial charge in [-0.2, -0.15) is 4.98 Å². The van der Waals surface area contributed by atoms with Crippen LogP contribution in [0, 0.1) is 11.3 Å². The Morgan fingerprint density at radius 1 is 1.31 bits per heavy atom. The van der Waals surface area contributed by atoms with E-state index < -0.39 is 0 Å². The lowest BCUT2D eigenvalue weighted by Gasteiger charge is -2.53. The molecule has 7 nitrogen and oxygen atoms in total. The number of anilines is 4. The molecule has 2 bridgehead atoms. The number of aromatic nitrogens is 2. The fourth-order valence-electron chi connectivity index (χ4n) is 4.96. The number of nitrogen functional groups attached to an aromatic ring is 1. The molecule has 2 aromatic rings. The van der Waals surface area contributed by atoms with Gasteiger partial charge in [0.25, 0.3) is 0 Å². The van der Waals surface area contributed by atoms with Crippen LogP contribution in [0.25, 0.3) is 0 Å². The summed E-state index contributed by atoms with van der Waals surface area (Å²) in [6.45, 7) is 4.30. The third kappa shape index (κ3) is 3.23. The number of nitrogens with one attached hydrogen (secondary N) is 3. The number of piperidine rings is 1. The van der Waals surface area contributed by atoms with Crippen LogP contribution >= 0.6 is 0 Å². The zero-order chi connectivity index (χ0) is 20.0. The van der Waals surface area contributed by atoms with Gasteiger partial charge in [-0.15, -0.1) is 0 Å². The van der Waals surface area contributed by atoms with Crippen LogP contribution in [-0.2, 0) is 12.8 Å². The second kappa shape index (κ2) is 7.30. The molecule has 2 aliphatic heterocycles. The van der Waals surface area contributed by atoms with Crippen molar-refractivity contribution < 1.29 is 0 Å². The standard InChI is InChI=1S/C22H29N7/c1-2-13-3-5-18-20(7-13)27-22(29-16-9-17(29)12-25-11-16)28-21(18)26-15-4-6-19(24)14(8-15)10-23/h4,6,8,10,13,16-17,23,25H,2-3,5,7,9,11-12,24H2,1H3,(H,26,27,28). The Kier molecular flexibility index (Phi) is 4.62. The SMILES string of the molecule is CCC1CCc2c(nc(N3C4CNCC3C4)nc2Nc2ccc(N)c(C=N)c2)C1. The maximum atomic E-state index is 7.58. The summed E-state index contributed by atoms with van der Waals surface area (Å²) in [4.78, 5) is 12.5. The molecule has 3 heterocycles. The van der Waals surface area contributed by atoms with E-state index in [0.717, 1.165) is 43.4 Å². The van der Waals surface area contributed by atoms with Crippen molar-refractivity contribution in [3.8, 4) is 0 Å². The van der Waals surface area contributed by atoms with Crippen molar-refractivity contribution in [3.05, 3.63) is 35.0 Å². The van der Waals surface area contributed by atoms with Crippen molar-refractivity contribution in [1.82, 2.24) is 15.3 Å². The Bertz CT molecular complexity index is 927. The summed E-state index contributed by atoms with van der Waals surface area (Å²) in [7, 11) is 0. The summed E-state index contributed by atoms with van der Waals surface area (Å²) in [5, 5.41) is 14.6. The highest BCUT2D eigenvalue weighted by Gasteiger charge is 2.43. The first-order valence-corrected chi connectivity index (χ1v) is 10.7. The molecule has 3 atom stereocenters. The molecule has 7 heteroatoms. The Labute approximate surface area is 171 Å². The summed E-state index contributed by atoms with van der Waals surface area (Å²) in [6, 6.07) is 6.72. The van der Waals surface area contributed by atoms with E-state index in [1.165, 1.54) is 36.7 Å². The molecule has 2 fully saturated rings. The number of hydrogen-bond donors (Lipinski definition) is 4.